The minimum Gasteiger partial charge on any atom is -0.314 e. The summed E-state index contributed by atoms with van der Waals surface area (Å²) < 4.78 is 13.2. The zero-order valence-corrected chi connectivity index (χ0v) is 9.17. The molecule has 1 aliphatic heterocycles. The van der Waals surface area contributed by atoms with Gasteiger partial charge in [-0.05, 0) is 11.6 Å². The van der Waals surface area contributed by atoms with E-state index in [1.54, 1.807) is 0 Å². The van der Waals surface area contributed by atoms with Gasteiger partial charge in [0.1, 0.15) is 6.29 Å². The van der Waals surface area contributed by atoms with Crippen LogP contribution in [-0.4, -0.2) is 17.4 Å². The quantitative estimate of drug-likeness (QED) is 0.397. The Balaban J connectivity index is 2.37. The van der Waals surface area contributed by atoms with Gasteiger partial charge in [-0.15, -0.1) is 0 Å². The van der Waals surface area contributed by atoms with Gasteiger partial charge < -0.3 is 10.5 Å². The Morgan fingerprint density at radius 3 is 2.78 bits per heavy atom. The Hall–Kier alpha value is -1.90. The van der Waals surface area contributed by atoms with E-state index >= 15 is 0 Å². The maximum absolute atomic E-state index is 13.2. The van der Waals surface area contributed by atoms with Crippen LogP contribution in [0.2, 0.25) is 0 Å². The normalized spacial score (nSPS) is 27.1. The number of hydrogen-bond donors (Lipinski definition) is 3. The van der Waals surface area contributed by atoms with Crippen LogP contribution in [0.25, 0.3) is 0 Å². The number of benzene rings is 1. The van der Waals surface area contributed by atoms with Gasteiger partial charge in [0.2, 0.25) is 5.82 Å². The number of aldehydes is 1. The molecule has 96 valence electrons. The van der Waals surface area contributed by atoms with Gasteiger partial charge in [-0.2, -0.15) is 4.39 Å². The molecule has 0 spiro atoms. The number of carbonyl (C=O) groups is 1. The molecule has 0 saturated carbocycles. The van der Waals surface area contributed by atoms with Crippen molar-refractivity contribution in [2.45, 2.75) is 12.2 Å². The molecule has 1 aliphatic rings. The molecule has 3 atom stereocenters. The zero-order valence-electron chi connectivity index (χ0n) is 9.17. The SMILES string of the molecule is NC1NNC(c2ccc(F)c([N+](=O)[O-])c2)C1C=O. The zero-order chi connectivity index (χ0) is 13.3. The van der Waals surface area contributed by atoms with E-state index in [4.69, 9.17) is 5.73 Å². The van der Waals surface area contributed by atoms with Crippen molar-refractivity contribution in [2.75, 3.05) is 0 Å². The van der Waals surface area contributed by atoms with Crippen LogP contribution in [0, 0.1) is 21.8 Å². The van der Waals surface area contributed by atoms with E-state index in [0.717, 1.165) is 12.1 Å². The highest BCUT2D eigenvalue weighted by molar-refractivity contribution is 5.58. The first-order valence-electron chi connectivity index (χ1n) is 5.20. The van der Waals surface area contributed by atoms with Gasteiger partial charge in [0.05, 0.1) is 23.0 Å². The Kier molecular flexibility index (Phi) is 3.32. The van der Waals surface area contributed by atoms with Gasteiger partial charge >= 0.3 is 5.69 Å². The first-order valence-corrected chi connectivity index (χ1v) is 5.20. The number of nitrogens with zero attached hydrogens (tertiary/aromatic N) is 1. The summed E-state index contributed by atoms with van der Waals surface area (Å²) in [4.78, 5) is 20.8. The molecule has 1 aromatic rings. The molecular formula is C10H11FN4O3. The summed E-state index contributed by atoms with van der Waals surface area (Å²) in [6, 6.07) is 2.97. The van der Waals surface area contributed by atoms with Crippen molar-refractivity contribution >= 4 is 12.0 Å². The average Bonchev–Trinajstić information content (AvgIpc) is 2.70. The topological polar surface area (TPSA) is 110 Å². The van der Waals surface area contributed by atoms with Crippen LogP contribution in [0.15, 0.2) is 18.2 Å². The molecule has 0 bridgehead atoms. The molecule has 1 fully saturated rings. The van der Waals surface area contributed by atoms with Crippen LogP contribution in [0.1, 0.15) is 11.6 Å². The van der Waals surface area contributed by atoms with Crippen LogP contribution in [-0.2, 0) is 4.79 Å². The molecule has 1 aromatic carbocycles. The summed E-state index contributed by atoms with van der Waals surface area (Å²) in [5.74, 6) is -1.49. The lowest BCUT2D eigenvalue weighted by atomic mass is 9.94. The fraction of sp³-hybridized carbons (Fsp3) is 0.300. The Labute approximate surface area is 101 Å². The molecule has 2 rings (SSSR count). The summed E-state index contributed by atoms with van der Waals surface area (Å²) in [6.45, 7) is 0. The highest BCUT2D eigenvalue weighted by Crippen LogP contribution is 2.29. The molecule has 0 aliphatic carbocycles. The largest absolute Gasteiger partial charge is 0.314 e. The van der Waals surface area contributed by atoms with Crippen molar-refractivity contribution in [3.8, 4) is 0 Å². The van der Waals surface area contributed by atoms with Gasteiger partial charge in [-0.3, -0.25) is 10.1 Å². The summed E-state index contributed by atoms with van der Waals surface area (Å²) in [5.41, 5.74) is 10.9. The number of nitrogens with two attached hydrogens (primary N) is 1. The smallest absolute Gasteiger partial charge is 0.305 e. The highest BCUT2D eigenvalue weighted by Gasteiger charge is 2.35. The molecule has 7 nitrogen and oxygen atoms in total. The van der Waals surface area contributed by atoms with E-state index in [-0.39, 0.29) is 0 Å². The molecule has 18 heavy (non-hydrogen) atoms. The van der Waals surface area contributed by atoms with Crippen LogP contribution in [0.5, 0.6) is 0 Å². The van der Waals surface area contributed by atoms with Crippen molar-refractivity contribution in [2.24, 2.45) is 11.7 Å². The van der Waals surface area contributed by atoms with E-state index in [1.807, 2.05) is 0 Å². The van der Waals surface area contributed by atoms with Crippen LogP contribution >= 0.6 is 0 Å². The van der Waals surface area contributed by atoms with Crippen LogP contribution in [0.3, 0.4) is 0 Å². The third-order valence-electron chi connectivity index (χ3n) is 2.89. The number of nitrogens with one attached hydrogen (secondary N) is 2. The third-order valence-corrected chi connectivity index (χ3v) is 2.89. The highest BCUT2D eigenvalue weighted by atomic mass is 19.1. The van der Waals surface area contributed by atoms with Gasteiger partial charge in [0.15, 0.2) is 0 Å². The first kappa shape index (κ1) is 12.6. The maximum atomic E-state index is 13.2. The maximum Gasteiger partial charge on any atom is 0.305 e. The van der Waals surface area contributed by atoms with E-state index in [9.17, 15) is 19.3 Å². The fourth-order valence-electron chi connectivity index (χ4n) is 1.92. The molecule has 0 amide bonds. The van der Waals surface area contributed by atoms with Crippen LogP contribution < -0.4 is 16.6 Å². The average molecular weight is 254 g/mol. The Morgan fingerprint density at radius 1 is 1.44 bits per heavy atom. The lowest BCUT2D eigenvalue weighted by Crippen LogP contribution is -2.39. The van der Waals surface area contributed by atoms with E-state index in [2.05, 4.69) is 10.9 Å². The number of rotatable bonds is 3. The first-order chi connectivity index (χ1) is 8.54. The third kappa shape index (κ3) is 2.08. The number of carbonyl (C=O) groups excluding carboxylic acids is 1. The Morgan fingerprint density at radius 2 is 2.17 bits per heavy atom. The monoisotopic (exact) mass is 254 g/mol. The second-order valence-corrected chi connectivity index (χ2v) is 3.97. The number of halogens is 1. The lowest BCUT2D eigenvalue weighted by Gasteiger charge is -2.15. The predicted octanol–water partition coefficient (Wildman–Crippen LogP) is -0.0173. The van der Waals surface area contributed by atoms with Crippen molar-refractivity contribution in [1.82, 2.24) is 10.9 Å². The molecule has 1 saturated heterocycles. The summed E-state index contributed by atoms with van der Waals surface area (Å²) in [6.07, 6.45) is 0.0777. The number of hydrazine groups is 1. The van der Waals surface area contributed by atoms with E-state index in [1.165, 1.54) is 6.07 Å². The van der Waals surface area contributed by atoms with Gasteiger partial charge in [0.25, 0.3) is 0 Å². The minimum absolute atomic E-state index is 0.431. The minimum atomic E-state index is -0.915. The fourth-order valence-corrected chi connectivity index (χ4v) is 1.92. The van der Waals surface area contributed by atoms with Gasteiger partial charge in [-0.1, -0.05) is 6.07 Å². The Bertz CT molecular complexity index is 496. The molecule has 1 heterocycles. The van der Waals surface area contributed by atoms with Gasteiger partial charge in [0, 0.05) is 6.07 Å². The summed E-state index contributed by atoms with van der Waals surface area (Å²) in [7, 11) is 0. The van der Waals surface area contributed by atoms with Crippen molar-refractivity contribution in [1.29, 1.82) is 0 Å². The standard InChI is InChI=1S/C10H11FN4O3/c11-7-2-1-5(3-8(7)15(17)18)9-6(4-16)10(12)14-13-9/h1-4,6,9-10,13-14H,12H2. The number of nitro groups is 1. The molecule has 4 N–H and O–H groups in total. The number of hydrogen-bond acceptors (Lipinski definition) is 6. The molecule has 3 unspecified atom stereocenters. The molecule has 8 heteroatoms. The van der Waals surface area contributed by atoms with Crippen LogP contribution in [0.4, 0.5) is 10.1 Å². The number of nitro benzene ring substituents is 1. The van der Waals surface area contributed by atoms with Gasteiger partial charge in [-0.25, -0.2) is 10.9 Å². The summed E-state index contributed by atoms with van der Waals surface area (Å²) in [5, 5.41) is 10.6. The predicted molar refractivity (Wildman–Crippen MR) is 59.6 cm³/mol. The summed E-state index contributed by atoms with van der Waals surface area (Å²) >= 11 is 0. The lowest BCUT2D eigenvalue weighted by molar-refractivity contribution is -0.387. The van der Waals surface area contributed by atoms with Crippen molar-refractivity contribution in [3.63, 3.8) is 0 Å². The van der Waals surface area contributed by atoms with Crippen molar-refractivity contribution < 1.29 is 14.1 Å². The van der Waals surface area contributed by atoms with E-state index < -0.39 is 34.6 Å². The molecule has 0 radical (unpaired) electrons. The van der Waals surface area contributed by atoms with E-state index in [0.29, 0.717) is 11.8 Å². The molecular weight excluding hydrogens is 243 g/mol. The van der Waals surface area contributed by atoms with Crippen molar-refractivity contribution in [3.05, 3.63) is 39.7 Å². The second-order valence-electron chi connectivity index (χ2n) is 3.97. The second kappa shape index (κ2) is 4.77. The molecule has 0 aromatic heterocycles.